The maximum absolute atomic E-state index is 11.4. The second-order valence-corrected chi connectivity index (χ2v) is 18.3. The predicted molar refractivity (Wildman–Crippen MR) is 230 cm³/mol. The lowest BCUT2D eigenvalue weighted by Crippen LogP contribution is -2.64. The molecular formula is C49H67NO3S. The number of carboxylic acid groups (broad SMARTS) is 1. The molecule has 5 aliphatic carbocycles. The Kier molecular flexibility index (Phi) is 16.7. The predicted octanol–water partition coefficient (Wildman–Crippen LogP) is 12.2. The molecule has 2 N–H and O–H groups in total. The van der Waals surface area contributed by atoms with Crippen LogP contribution in [0.25, 0.3) is 5.57 Å². The summed E-state index contributed by atoms with van der Waals surface area (Å²) in [6, 6.07) is 11.6. The van der Waals surface area contributed by atoms with E-state index < -0.39 is 5.97 Å². The molecule has 292 valence electrons. The van der Waals surface area contributed by atoms with Gasteiger partial charge in [-0.05, 0) is 150 Å². The lowest BCUT2D eigenvalue weighted by Gasteiger charge is -2.72. The molecule has 0 radical (unpaired) electrons. The van der Waals surface area contributed by atoms with Crippen molar-refractivity contribution >= 4 is 29.3 Å². The molecule has 0 spiro atoms. The highest BCUT2D eigenvalue weighted by atomic mass is 32.1. The third kappa shape index (κ3) is 8.61. The van der Waals surface area contributed by atoms with Crippen molar-refractivity contribution in [2.24, 2.45) is 50.7 Å². The van der Waals surface area contributed by atoms with Gasteiger partial charge in [-0.3, -0.25) is 4.79 Å². The van der Waals surface area contributed by atoms with Gasteiger partial charge in [-0.25, -0.2) is 4.79 Å². The molecule has 1 aromatic heterocycles. The number of hydrogen-bond donors (Lipinski definition) is 2. The highest BCUT2D eigenvalue weighted by Crippen LogP contribution is 2.77. The van der Waals surface area contributed by atoms with Gasteiger partial charge in [0.15, 0.2) is 0 Å². The van der Waals surface area contributed by atoms with E-state index in [-0.39, 0.29) is 5.41 Å². The number of thiophene rings is 1. The molecule has 1 amide bonds. The van der Waals surface area contributed by atoms with E-state index >= 15 is 0 Å². The zero-order valence-electron chi connectivity index (χ0n) is 34.2. The van der Waals surface area contributed by atoms with Crippen LogP contribution in [0, 0.1) is 89.3 Å². The van der Waals surface area contributed by atoms with Gasteiger partial charge in [0.1, 0.15) is 0 Å². The number of benzene rings is 1. The quantitative estimate of drug-likeness (QED) is 0.182. The maximum Gasteiger partial charge on any atom is 0.335 e. The number of nitrogens with one attached hydrogen (secondary N) is 1. The van der Waals surface area contributed by atoms with Gasteiger partial charge in [0, 0.05) is 4.88 Å². The summed E-state index contributed by atoms with van der Waals surface area (Å²) in [6.07, 6.45) is 43.1. The second-order valence-electron chi connectivity index (χ2n) is 17.2. The minimum absolute atomic E-state index is 0.0907. The first-order valence-electron chi connectivity index (χ1n) is 19.5. The molecule has 8 atom stereocenters. The molecule has 54 heavy (non-hydrogen) atoms. The van der Waals surface area contributed by atoms with Crippen LogP contribution in [0.4, 0.5) is 0 Å². The highest BCUT2D eigenvalue weighted by Gasteiger charge is 2.68. The summed E-state index contributed by atoms with van der Waals surface area (Å²) in [6.45, 7) is 21.6. The fourth-order valence-electron chi connectivity index (χ4n) is 12.3. The number of terminal acetylenes is 3. The van der Waals surface area contributed by atoms with Crippen LogP contribution in [-0.4, -0.2) is 17.5 Å². The van der Waals surface area contributed by atoms with E-state index in [0.29, 0.717) is 46.1 Å². The summed E-state index contributed by atoms with van der Waals surface area (Å²) in [5.74, 6) is 2.51. The minimum atomic E-state index is -0.845. The molecule has 0 bridgehead atoms. The van der Waals surface area contributed by atoms with Crippen LogP contribution in [0.2, 0.25) is 0 Å². The smallest absolute Gasteiger partial charge is 0.335 e. The number of allylic oxidation sites excluding steroid dienone is 3. The summed E-state index contributed by atoms with van der Waals surface area (Å²) < 4.78 is 0. The van der Waals surface area contributed by atoms with Crippen LogP contribution < -0.4 is 5.32 Å². The first kappa shape index (κ1) is 46.2. The monoisotopic (exact) mass is 749 g/mol. The van der Waals surface area contributed by atoms with Crippen molar-refractivity contribution in [2.75, 3.05) is 0 Å². The molecule has 5 aliphatic rings. The Hall–Kier alpha value is -3.98. The first-order chi connectivity index (χ1) is 25.7. The number of carbonyl (C=O) groups is 2. The van der Waals surface area contributed by atoms with E-state index in [9.17, 15) is 14.7 Å². The van der Waals surface area contributed by atoms with Crippen molar-refractivity contribution in [3.05, 3.63) is 76.5 Å². The van der Waals surface area contributed by atoms with Crippen LogP contribution in [0.15, 0.2) is 60.5 Å². The van der Waals surface area contributed by atoms with Gasteiger partial charge < -0.3 is 10.4 Å². The van der Waals surface area contributed by atoms with Crippen molar-refractivity contribution in [2.45, 2.75) is 119 Å². The standard InChI is InChI=1S/C34H48O2.C6H7NOS.C3H6.3C2H2/c1-30(2)24(22-9-11-23(12-10-22)29(35)36)15-18-32(4)27(30)16-19-34(6)28(32)14-13-26-25-8-7-17-31(25,3)20-21-33(26,34)5;8-5-7-4-6-2-1-3-9-6;1-3-2;3*1-2/h9-12,15,25-28H,7-8,13-14,16-21H2,1-6H3,(H,35,36);1-3,5H,4H2,(H,7,8);3H,1H2,2H3;3*1-2H/t25?,26-,27?,28?,31-,32+,33-,34-;;;;;/m1...../s1. The van der Waals surface area contributed by atoms with E-state index in [2.05, 4.69) is 98.1 Å². The van der Waals surface area contributed by atoms with Crippen LogP contribution >= 0.6 is 11.3 Å². The van der Waals surface area contributed by atoms with Crippen molar-refractivity contribution in [3.8, 4) is 38.5 Å². The number of aromatic carboxylic acids is 1. The van der Waals surface area contributed by atoms with Crippen LogP contribution in [0.5, 0.6) is 0 Å². The fourth-order valence-corrected chi connectivity index (χ4v) is 13.0. The zero-order chi connectivity index (χ0) is 41.0. The van der Waals surface area contributed by atoms with Gasteiger partial charge >= 0.3 is 5.97 Å². The summed E-state index contributed by atoms with van der Waals surface area (Å²) >= 11 is 1.64. The Labute approximate surface area is 333 Å². The van der Waals surface area contributed by atoms with E-state index in [1.165, 1.54) is 80.2 Å². The Morgan fingerprint density at radius 1 is 0.852 bits per heavy atom. The normalized spacial score (nSPS) is 33.2. The third-order valence-corrected chi connectivity index (χ3v) is 15.6. The molecule has 7 rings (SSSR count). The maximum atomic E-state index is 11.4. The highest BCUT2D eigenvalue weighted by molar-refractivity contribution is 7.09. The summed E-state index contributed by atoms with van der Waals surface area (Å²) in [4.78, 5) is 22.4. The summed E-state index contributed by atoms with van der Waals surface area (Å²) in [5.41, 5.74) is 5.00. The molecule has 4 saturated carbocycles. The Balaban J connectivity index is 0.000000472. The molecule has 4 fully saturated rings. The second kappa shape index (κ2) is 19.6. The van der Waals surface area contributed by atoms with Crippen molar-refractivity contribution < 1.29 is 14.7 Å². The molecule has 3 unspecified atom stereocenters. The molecule has 4 nitrogen and oxygen atoms in total. The Morgan fingerprint density at radius 3 is 2.04 bits per heavy atom. The molecule has 5 heteroatoms. The van der Waals surface area contributed by atoms with Crippen LogP contribution in [0.3, 0.4) is 0 Å². The van der Waals surface area contributed by atoms with Gasteiger partial charge in [-0.1, -0.05) is 78.3 Å². The van der Waals surface area contributed by atoms with E-state index in [1.807, 2.05) is 36.6 Å². The number of hydrogen-bond acceptors (Lipinski definition) is 3. The van der Waals surface area contributed by atoms with E-state index in [0.717, 1.165) is 17.8 Å². The number of rotatable bonds is 5. The lowest BCUT2D eigenvalue weighted by molar-refractivity contribution is -0.221. The third-order valence-electron chi connectivity index (χ3n) is 14.8. The number of fused-ring (bicyclic) bond motifs is 7. The number of carbonyl (C=O) groups excluding carboxylic acids is 1. The average molecular weight is 750 g/mol. The fraction of sp³-hybridized carbons (Fsp3) is 0.551. The molecule has 0 saturated heterocycles. The zero-order valence-corrected chi connectivity index (χ0v) is 35.0. The molecule has 1 aromatic carbocycles. The number of carboxylic acids is 1. The van der Waals surface area contributed by atoms with Crippen molar-refractivity contribution in [3.63, 3.8) is 0 Å². The van der Waals surface area contributed by atoms with Crippen molar-refractivity contribution in [1.29, 1.82) is 0 Å². The van der Waals surface area contributed by atoms with Crippen LogP contribution in [-0.2, 0) is 11.3 Å². The van der Waals surface area contributed by atoms with E-state index in [1.54, 1.807) is 29.5 Å². The molecule has 0 aliphatic heterocycles. The molecular weight excluding hydrogens is 683 g/mol. The van der Waals surface area contributed by atoms with Gasteiger partial charge in [-0.15, -0.1) is 56.5 Å². The topological polar surface area (TPSA) is 66.4 Å². The largest absolute Gasteiger partial charge is 0.478 e. The minimum Gasteiger partial charge on any atom is -0.478 e. The average Bonchev–Trinajstić information content (AvgIpc) is 3.84. The van der Waals surface area contributed by atoms with Crippen molar-refractivity contribution in [1.82, 2.24) is 5.32 Å². The SMILES string of the molecule is C#C.C#C.C#C.C=CC.CC1(C)C(c2ccc(C(=O)O)cc2)=CC[C@@]2(C)C1CC[C@]1(C)C2CC[C@@H]2C3CCC[C@]3(C)CC[C@]21C.O=CNCc1cccs1. The Bertz CT molecular complexity index is 1600. The van der Waals surface area contributed by atoms with E-state index in [4.69, 9.17) is 0 Å². The van der Waals surface area contributed by atoms with Gasteiger partial charge in [0.2, 0.25) is 6.41 Å². The van der Waals surface area contributed by atoms with Gasteiger partial charge in [-0.2, -0.15) is 0 Å². The summed E-state index contributed by atoms with van der Waals surface area (Å²) in [7, 11) is 0. The number of amides is 1. The van der Waals surface area contributed by atoms with Gasteiger partial charge in [0.05, 0.1) is 12.1 Å². The first-order valence-corrected chi connectivity index (χ1v) is 20.4. The lowest BCUT2D eigenvalue weighted by atomic mass is 9.33. The summed E-state index contributed by atoms with van der Waals surface area (Å²) in [5, 5.41) is 13.9. The van der Waals surface area contributed by atoms with Crippen LogP contribution in [0.1, 0.15) is 133 Å². The molecule has 2 aromatic rings. The Morgan fingerprint density at radius 2 is 1.48 bits per heavy atom. The molecule has 1 heterocycles. The van der Waals surface area contributed by atoms with Gasteiger partial charge in [0.25, 0.3) is 0 Å².